The maximum absolute atomic E-state index is 14.0. The number of anilines is 2. The lowest BCUT2D eigenvalue weighted by atomic mass is 9.99. The van der Waals surface area contributed by atoms with Gasteiger partial charge < -0.3 is 15.2 Å². The van der Waals surface area contributed by atoms with Gasteiger partial charge in [0, 0.05) is 12.6 Å². The van der Waals surface area contributed by atoms with Crippen LogP contribution in [0.2, 0.25) is 0 Å². The van der Waals surface area contributed by atoms with E-state index < -0.39 is 15.8 Å². The Bertz CT molecular complexity index is 989. The standard InChI is InChI=1S/C19H29FN6O4S/c1-11(2)6-14(10-27)22-18-23-16(24-19(25-18)26-31(5,28)29)7-12(3)13-8-15(20)17(30-4)21-9-13/h8-9,11-12,14,27H,6-7,10H2,1-5H3,(H2,22,23,24,25,26)/t12-,14-/m1/s1. The first-order valence-electron chi connectivity index (χ1n) is 9.80. The summed E-state index contributed by atoms with van der Waals surface area (Å²) in [6.07, 6.45) is 3.44. The number of halogens is 1. The van der Waals surface area contributed by atoms with E-state index in [1.165, 1.54) is 19.4 Å². The number of aliphatic hydroxyl groups is 1. The zero-order valence-electron chi connectivity index (χ0n) is 18.3. The van der Waals surface area contributed by atoms with Crippen molar-refractivity contribution in [1.29, 1.82) is 0 Å². The van der Waals surface area contributed by atoms with Gasteiger partial charge in [-0.2, -0.15) is 15.0 Å². The average Bonchev–Trinajstić information content (AvgIpc) is 2.65. The van der Waals surface area contributed by atoms with Gasteiger partial charge in [0.2, 0.25) is 27.8 Å². The van der Waals surface area contributed by atoms with Crippen molar-refractivity contribution in [3.63, 3.8) is 0 Å². The van der Waals surface area contributed by atoms with Crippen molar-refractivity contribution in [3.05, 3.63) is 29.5 Å². The van der Waals surface area contributed by atoms with Gasteiger partial charge in [-0.15, -0.1) is 0 Å². The first kappa shape index (κ1) is 24.7. The van der Waals surface area contributed by atoms with Crippen LogP contribution in [0.5, 0.6) is 5.88 Å². The van der Waals surface area contributed by atoms with Crippen molar-refractivity contribution < 1.29 is 22.7 Å². The fraction of sp³-hybridized carbons (Fsp3) is 0.579. The molecule has 0 amide bonds. The van der Waals surface area contributed by atoms with Crippen molar-refractivity contribution in [2.75, 3.05) is 30.0 Å². The number of hydrogen-bond donors (Lipinski definition) is 3. The van der Waals surface area contributed by atoms with Crippen molar-refractivity contribution >= 4 is 21.9 Å². The first-order valence-corrected chi connectivity index (χ1v) is 11.7. The van der Waals surface area contributed by atoms with E-state index in [4.69, 9.17) is 4.74 Å². The molecule has 2 aromatic heterocycles. The zero-order valence-corrected chi connectivity index (χ0v) is 19.1. The van der Waals surface area contributed by atoms with Crippen LogP contribution < -0.4 is 14.8 Å². The Balaban J connectivity index is 2.31. The van der Waals surface area contributed by atoms with Gasteiger partial charge in [0.25, 0.3) is 0 Å². The van der Waals surface area contributed by atoms with Gasteiger partial charge in [-0.3, -0.25) is 4.72 Å². The zero-order chi connectivity index (χ0) is 23.2. The van der Waals surface area contributed by atoms with Crippen LogP contribution in [0, 0.1) is 11.7 Å². The summed E-state index contributed by atoms with van der Waals surface area (Å²) >= 11 is 0. The van der Waals surface area contributed by atoms with E-state index in [2.05, 4.69) is 30.0 Å². The SMILES string of the molecule is COc1ncc([C@H](C)Cc2nc(N[C@@H](CO)CC(C)C)nc(NS(C)(=O)=O)n2)cc1F. The highest BCUT2D eigenvalue weighted by Crippen LogP contribution is 2.23. The highest BCUT2D eigenvalue weighted by atomic mass is 32.2. The molecule has 0 aromatic carbocycles. The Labute approximate surface area is 181 Å². The van der Waals surface area contributed by atoms with Crippen LogP contribution in [-0.2, 0) is 16.4 Å². The summed E-state index contributed by atoms with van der Waals surface area (Å²) in [5, 5.41) is 12.7. The molecule has 0 aliphatic carbocycles. The molecule has 0 aliphatic rings. The fourth-order valence-electron chi connectivity index (χ4n) is 2.97. The number of sulfonamides is 1. The van der Waals surface area contributed by atoms with Gasteiger partial charge in [-0.25, -0.2) is 17.8 Å². The Morgan fingerprint density at radius 3 is 2.42 bits per heavy atom. The van der Waals surface area contributed by atoms with Gasteiger partial charge >= 0.3 is 0 Å². The Morgan fingerprint density at radius 1 is 1.19 bits per heavy atom. The summed E-state index contributed by atoms with van der Waals surface area (Å²) in [6.45, 7) is 5.74. The number of rotatable bonds is 11. The molecule has 2 rings (SSSR count). The number of nitrogens with one attached hydrogen (secondary N) is 2. The Morgan fingerprint density at radius 2 is 1.87 bits per heavy atom. The molecule has 12 heteroatoms. The van der Waals surface area contributed by atoms with Crippen LogP contribution >= 0.6 is 0 Å². The molecule has 172 valence electrons. The minimum Gasteiger partial charge on any atom is -0.479 e. The van der Waals surface area contributed by atoms with Gasteiger partial charge in [0.15, 0.2) is 5.82 Å². The number of nitrogens with zero attached hydrogens (tertiary/aromatic N) is 4. The highest BCUT2D eigenvalue weighted by Gasteiger charge is 2.18. The predicted octanol–water partition coefficient (Wildman–Crippen LogP) is 1.95. The van der Waals surface area contributed by atoms with E-state index in [1.54, 1.807) is 0 Å². The third kappa shape index (κ3) is 7.87. The summed E-state index contributed by atoms with van der Waals surface area (Å²) < 4.78 is 44.4. The lowest BCUT2D eigenvalue weighted by molar-refractivity contribution is 0.259. The fourth-order valence-corrected chi connectivity index (χ4v) is 3.39. The van der Waals surface area contributed by atoms with Crippen molar-refractivity contribution in [2.24, 2.45) is 5.92 Å². The minimum absolute atomic E-state index is 0.0950. The normalized spacial score (nSPS) is 13.7. The number of methoxy groups -OCH3 is 1. The number of aliphatic hydroxyl groups excluding tert-OH is 1. The lowest BCUT2D eigenvalue weighted by Gasteiger charge is -2.19. The average molecular weight is 457 g/mol. The lowest BCUT2D eigenvalue weighted by Crippen LogP contribution is -2.27. The summed E-state index contributed by atoms with van der Waals surface area (Å²) in [5.74, 6) is -0.278. The molecule has 0 bridgehead atoms. The van der Waals surface area contributed by atoms with E-state index in [0.717, 1.165) is 6.26 Å². The van der Waals surface area contributed by atoms with Crippen molar-refractivity contribution in [3.8, 4) is 5.88 Å². The van der Waals surface area contributed by atoms with Crippen molar-refractivity contribution in [1.82, 2.24) is 19.9 Å². The molecule has 0 spiro atoms. The molecule has 0 radical (unpaired) electrons. The second-order valence-electron chi connectivity index (χ2n) is 7.79. The van der Waals surface area contributed by atoms with Crippen LogP contribution in [0.3, 0.4) is 0 Å². The van der Waals surface area contributed by atoms with Crippen LogP contribution in [0.4, 0.5) is 16.3 Å². The second-order valence-corrected chi connectivity index (χ2v) is 9.54. The summed E-state index contributed by atoms with van der Waals surface area (Å²) in [7, 11) is -2.27. The molecule has 3 N–H and O–H groups in total. The topological polar surface area (TPSA) is 139 Å². The Kier molecular flexibility index (Phi) is 8.45. The van der Waals surface area contributed by atoms with Gasteiger partial charge in [-0.05, 0) is 29.9 Å². The maximum atomic E-state index is 14.0. The first-order chi connectivity index (χ1) is 14.5. The monoisotopic (exact) mass is 456 g/mol. The molecule has 2 aromatic rings. The predicted molar refractivity (Wildman–Crippen MR) is 115 cm³/mol. The molecule has 2 atom stereocenters. The van der Waals surface area contributed by atoms with Crippen molar-refractivity contribution in [2.45, 2.75) is 45.6 Å². The number of hydrogen-bond acceptors (Lipinski definition) is 9. The van der Waals surface area contributed by atoms with E-state index >= 15 is 0 Å². The molecular weight excluding hydrogens is 427 g/mol. The Hall–Kier alpha value is -2.60. The summed E-state index contributed by atoms with van der Waals surface area (Å²) in [5.41, 5.74) is 0.610. The van der Waals surface area contributed by atoms with Crippen LogP contribution in [0.1, 0.15) is 44.5 Å². The quantitative estimate of drug-likeness (QED) is 0.463. The molecule has 0 saturated heterocycles. The molecule has 0 unspecified atom stereocenters. The molecule has 0 aliphatic heterocycles. The van der Waals surface area contributed by atoms with E-state index in [1.807, 2.05) is 20.8 Å². The molecular formula is C19H29FN6O4S. The summed E-state index contributed by atoms with van der Waals surface area (Å²) in [4.78, 5) is 16.6. The number of pyridine rings is 1. The highest BCUT2D eigenvalue weighted by molar-refractivity contribution is 7.91. The number of aromatic nitrogens is 4. The van der Waals surface area contributed by atoms with E-state index in [-0.39, 0.29) is 42.8 Å². The maximum Gasteiger partial charge on any atom is 0.250 e. The molecule has 2 heterocycles. The van der Waals surface area contributed by atoms with Gasteiger partial charge in [0.05, 0.1) is 26.0 Å². The second kappa shape index (κ2) is 10.6. The van der Waals surface area contributed by atoms with Gasteiger partial charge in [-0.1, -0.05) is 20.8 Å². The molecule has 0 saturated carbocycles. The van der Waals surface area contributed by atoms with E-state index in [9.17, 15) is 17.9 Å². The van der Waals surface area contributed by atoms with Gasteiger partial charge in [0.1, 0.15) is 5.82 Å². The van der Waals surface area contributed by atoms with Crippen LogP contribution in [0.15, 0.2) is 12.3 Å². The number of ether oxygens (including phenoxy) is 1. The molecule has 0 fully saturated rings. The molecule has 10 nitrogen and oxygen atoms in total. The van der Waals surface area contributed by atoms with Crippen LogP contribution in [0.25, 0.3) is 0 Å². The van der Waals surface area contributed by atoms with Crippen LogP contribution in [-0.4, -0.2) is 59.5 Å². The largest absolute Gasteiger partial charge is 0.479 e. The smallest absolute Gasteiger partial charge is 0.250 e. The molecule has 31 heavy (non-hydrogen) atoms. The summed E-state index contributed by atoms with van der Waals surface area (Å²) in [6, 6.07) is 1.02. The minimum atomic E-state index is -3.61. The van der Waals surface area contributed by atoms with E-state index in [0.29, 0.717) is 23.7 Å². The third-order valence-corrected chi connectivity index (χ3v) is 4.90. The third-order valence-electron chi connectivity index (χ3n) is 4.35.